The van der Waals surface area contributed by atoms with Gasteiger partial charge in [0.25, 0.3) is 0 Å². The van der Waals surface area contributed by atoms with Gasteiger partial charge in [0.2, 0.25) is 0 Å². The minimum atomic E-state index is 0.115. The molecule has 0 unspecified atom stereocenters. The topological polar surface area (TPSA) is 12.0 Å². The lowest BCUT2D eigenvalue weighted by Crippen LogP contribution is -2.44. The minimum absolute atomic E-state index is 0.115. The Kier molecular flexibility index (Phi) is 3.70. The Labute approximate surface area is 81.9 Å². The summed E-state index contributed by atoms with van der Waals surface area (Å²) in [4.78, 5) is 0.879. The van der Waals surface area contributed by atoms with Crippen LogP contribution in [-0.2, 0) is 0 Å². The zero-order valence-corrected chi connectivity index (χ0v) is 9.93. The maximum atomic E-state index is 5.02. The molecule has 0 aliphatic rings. The van der Waals surface area contributed by atoms with Gasteiger partial charge in [-0.2, -0.15) is 0 Å². The van der Waals surface area contributed by atoms with Crippen molar-refractivity contribution in [1.29, 1.82) is 0 Å². The van der Waals surface area contributed by atoms with Crippen molar-refractivity contribution < 1.29 is 0 Å². The summed E-state index contributed by atoms with van der Waals surface area (Å²) in [7, 11) is 0. The van der Waals surface area contributed by atoms with Crippen molar-refractivity contribution in [3.05, 3.63) is 0 Å². The van der Waals surface area contributed by atoms with Crippen molar-refractivity contribution >= 4 is 17.2 Å². The first-order chi connectivity index (χ1) is 5.12. The molecule has 0 saturated carbocycles. The fourth-order valence-electron chi connectivity index (χ4n) is 1.85. The first-order valence-electron chi connectivity index (χ1n) is 4.41. The van der Waals surface area contributed by atoms with E-state index in [2.05, 4.69) is 39.9 Å². The maximum Gasteiger partial charge on any atom is 0.0725 e. The summed E-state index contributed by atoms with van der Waals surface area (Å²) >= 11 is 5.02. The Bertz CT molecular complexity index is 165. The molecule has 0 bridgehead atoms. The molecule has 0 atom stereocenters. The van der Waals surface area contributed by atoms with Gasteiger partial charge >= 0.3 is 0 Å². The summed E-state index contributed by atoms with van der Waals surface area (Å²) in [5, 5.41) is 3.31. The highest BCUT2D eigenvalue weighted by Crippen LogP contribution is 2.26. The standard InChI is InChI=1S/C10H21NS/c1-8(12)11-10(5,6)7-9(2,3)4/h7H2,1-6H3,(H,11,12). The summed E-state index contributed by atoms with van der Waals surface area (Å²) in [6.45, 7) is 13.0. The predicted molar refractivity (Wildman–Crippen MR) is 59.6 cm³/mol. The van der Waals surface area contributed by atoms with Gasteiger partial charge in [-0.05, 0) is 32.6 Å². The molecule has 0 aromatic heterocycles. The van der Waals surface area contributed by atoms with E-state index in [9.17, 15) is 0 Å². The maximum absolute atomic E-state index is 5.02. The van der Waals surface area contributed by atoms with Crippen LogP contribution in [0.25, 0.3) is 0 Å². The smallest absolute Gasteiger partial charge is 0.0725 e. The minimum Gasteiger partial charge on any atom is -0.375 e. The molecule has 0 rings (SSSR count). The first-order valence-corrected chi connectivity index (χ1v) is 4.82. The summed E-state index contributed by atoms with van der Waals surface area (Å²) in [5.41, 5.74) is 0.464. The number of thiocarbonyl (C=S) groups is 1. The Hall–Kier alpha value is -0.110. The van der Waals surface area contributed by atoms with E-state index in [1.54, 1.807) is 0 Å². The van der Waals surface area contributed by atoms with Crippen molar-refractivity contribution in [2.24, 2.45) is 5.41 Å². The van der Waals surface area contributed by atoms with E-state index in [4.69, 9.17) is 12.2 Å². The highest BCUT2D eigenvalue weighted by atomic mass is 32.1. The third-order valence-corrected chi connectivity index (χ3v) is 1.59. The third kappa shape index (κ3) is 6.59. The molecule has 1 N–H and O–H groups in total. The van der Waals surface area contributed by atoms with Crippen LogP contribution < -0.4 is 5.32 Å². The van der Waals surface area contributed by atoms with Gasteiger partial charge in [0.1, 0.15) is 0 Å². The van der Waals surface area contributed by atoms with Crippen LogP contribution in [0.2, 0.25) is 0 Å². The molecule has 0 saturated heterocycles. The van der Waals surface area contributed by atoms with Crippen LogP contribution in [0, 0.1) is 5.41 Å². The molecule has 12 heavy (non-hydrogen) atoms. The van der Waals surface area contributed by atoms with Crippen LogP contribution in [0.15, 0.2) is 0 Å². The summed E-state index contributed by atoms with van der Waals surface area (Å²) in [6, 6.07) is 0. The zero-order chi connectivity index (χ0) is 9.99. The number of hydrogen-bond acceptors (Lipinski definition) is 1. The Morgan fingerprint density at radius 3 is 1.83 bits per heavy atom. The third-order valence-electron chi connectivity index (χ3n) is 1.49. The van der Waals surface area contributed by atoms with Crippen molar-refractivity contribution in [2.45, 2.75) is 53.5 Å². The van der Waals surface area contributed by atoms with E-state index < -0.39 is 0 Å². The van der Waals surface area contributed by atoms with Crippen LogP contribution in [0.4, 0.5) is 0 Å². The lowest BCUT2D eigenvalue weighted by molar-refractivity contribution is 0.267. The zero-order valence-electron chi connectivity index (χ0n) is 9.12. The van der Waals surface area contributed by atoms with E-state index in [-0.39, 0.29) is 5.54 Å². The Balaban J connectivity index is 4.13. The van der Waals surface area contributed by atoms with Gasteiger partial charge in [0.15, 0.2) is 0 Å². The second-order valence-corrected chi connectivity index (χ2v) is 5.91. The van der Waals surface area contributed by atoms with Gasteiger partial charge in [0.05, 0.1) is 4.99 Å². The first kappa shape index (κ1) is 11.9. The quantitative estimate of drug-likeness (QED) is 0.667. The van der Waals surface area contributed by atoms with Crippen LogP contribution in [-0.4, -0.2) is 10.5 Å². The monoisotopic (exact) mass is 187 g/mol. The molecule has 0 aromatic rings. The summed E-state index contributed by atoms with van der Waals surface area (Å²) in [6.07, 6.45) is 1.12. The van der Waals surface area contributed by atoms with Crippen molar-refractivity contribution in [3.63, 3.8) is 0 Å². The van der Waals surface area contributed by atoms with Crippen LogP contribution in [0.5, 0.6) is 0 Å². The number of rotatable bonds is 2. The van der Waals surface area contributed by atoms with E-state index in [1.165, 1.54) is 0 Å². The van der Waals surface area contributed by atoms with Gasteiger partial charge in [0, 0.05) is 5.54 Å². The van der Waals surface area contributed by atoms with Gasteiger partial charge < -0.3 is 5.32 Å². The molecule has 0 spiro atoms. The van der Waals surface area contributed by atoms with Gasteiger partial charge in [-0.25, -0.2) is 0 Å². The van der Waals surface area contributed by atoms with Gasteiger partial charge in [-0.1, -0.05) is 33.0 Å². The molecule has 0 aliphatic carbocycles. The van der Waals surface area contributed by atoms with E-state index in [0.29, 0.717) is 5.41 Å². The molecule has 0 aromatic carbocycles. The van der Waals surface area contributed by atoms with Crippen molar-refractivity contribution in [1.82, 2.24) is 5.32 Å². The molecule has 0 amide bonds. The van der Waals surface area contributed by atoms with Crippen molar-refractivity contribution in [2.75, 3.05) is 0 Å². The molecular weight excluding hydrogens is 166 g/mol. The van der Waals surface area contributed by atoms with Crippen LogP contribution in [0.3, 0.4) is 0 Å². The second-order valence-electron chi connectivity index (χ2n) is 5.30. The largest absolute Gasteiger partial charge is 0.375 e. The predicted octanol–water partition coefficient (Wildman–Crippen LogP) is 3.14. The summed E-state index contributed by atoms with van der Waals surface area (Å²) in [5.74, 6) is 0. The molecule has 1 nitrogen and oxygen atoms in total. The van der Waals surface area contributed by atoms with Crippen LogP contribution in [0.1, 0.15) is 48.0 Å². The number of nitrogens with one attached hydrogen (secondary N) is 1. The Morgan fingerprint density at radius 1 is 1.17 bits per heavy atom. The normalized spacial score (nSPS) is 12.8. The molecule has 2 heteroatoms. The Morgan fingerprint density at radius 2 is 1.58 bits per heavy atom. The van der Waals surface area contributed by atoms with Crippen LogP contribution >= 0.6 is 12.2 Å². The highest BCUT2D eigenvalue weighted by Gasteiger charge is 2.24. The average Bonchev–Trinajstić information content (AvgIpc) is 1.48. The van der Waals surface area contributed by atoms with Gasteiger partial charge in [-0.3, -0.25) is 0 Å². The number of hydrogen-bond donors (Lipinski definition) is 1. The summed E-state index contributed by atoms with van der Waals surface area (Å²) < 4.78 is 0. The van der Waals surface area contributed by atoms with E-state index in [1.807, 2.05) is 6.92 Å². The van der Waals surface area contributed by atoms with Crippen molar-refractivity contribution in [3.8, 4) is 0 Å². The highest BCUT2D eigenvalue weighted by molar-refractivity contribution is 7.80. The lowest BCUT2D eigenvalue weighted by Gasteiger charge is -2.33. The van der Waals surface area contributed by atoms with Gasteiger partial charge in [-0.15, -0.1) is 0 Å². The average molecular weight is 187 g/mol. The SMILES string of the molecule is CC(=S)NC(C)(C)CC(C)(C)C. The lowest BCUT2D eigenvalue weighted by atomic mass is 9.82. The molecule has 0 fully saturated rings. The fraction of sp³-hybridized carbons (Fsp3) is 0.900. The van der Waals surface area contributed by atoms with E-state index in [0.717, 1.165) is 11.4 Å². The second kappa shape index (κ2) is 3.73. The molecular formula is C10H21NS. The molecule has 0 radical (unpaired) electrons. The molecule has 0 heterocycles. The fourth-order valence-corrected chi connectivity index (χ4v) is 2.12. The molecule has 72 valence electrons. The molecule has 0 aliphatic heterocycles. The van der Waals surface area contributed by atoms with E-state index >= 15 is 0 Å².